The summed E-state index contributed by atoms with van der Waals surface area (Å²) in [6, 6.07) is 60.3. The van der Waals surface area contributed by atoms with Gasteiger partial charge in [0.2, 0.25) is 0 Å². The summed E-state index contributed by atoms with van der Waals surface area (Å²) >= 11 is 0. The molecule has 6 aromatic carbocycles. The van der Waals surface area contributed by atoms with Crippen LogP contribution in [0.4, 0.5) is 17.1 Å². The third-order valence-corrected chi connectivity index (χ3v) is 11.0. The van der Waals surface area contributed by atoms with Crippen molar-refractivity contribution in [2.75, 3.05) is 9.80 Å². The molecular formula is C52H41N4OPt-3. The zero-order valence-corrected chi connectivity index (χ0v) is 34.9. The first-order chi connectivity index (χ1) is 27.9. The predicted octanol–water partition coefficient (Wildman–Crippen LogP) is 13.2. The number of fused-ring (bicyclic) bond motifs is 4. The van der Waals surface area contributed by atoms with E-state index in [4.69, 9.17) is 9.72 Å². The van der Waals surface area contributed by atoms with Gasteiger partial charge in [-0.25, -0.2) is 4.98 Å². The van der Waals surface area contributed by atoms with Crippen molar-refractivity contribution in [2.24, 2.45) is 0 Å². The Bertz CT molecular complexity index is 2850. The van der Waals surface area contributed by atoms with E-state index in [-0.39, 0.29) is 26.5 Å². The molecule has 0 spiro atoms. The Morgan fingerprint density at radius 1 is 0.655 bits per heavy atom. The monoisotopic (exact) mass is 932 g/mol. The minimum absolute atomic E-state index is 0. The molecule has 6 heteroatoms. The molecule has 0 N–H and O–H groups in total. The number of anilines is 3. The van der Waals surface area contributed by atoms with E-state index in [1.807, 2.05) is 24.4 Å². The van der Waals surface area contributed by atoms with Crippen molar-refractivity contribution >= 4 is 50.0 Å². The van der Waals surface area contributed by atoms with Gasteiger partial charge in [0.25, 0.3) is 0 Å². The minimum Gasteiger partial charge on any atom is -0.509 e. The van der Waals surface area contributed by atoms with E-state index in [0.717, 1.165) is 57.5 Å². The Kier molecular flexibility index (Phi) is 9.87. The van der Waals surface area contributed by atoms with Crippen LogP contribution in [0, 0.1) is 18.8 Å². The fourth-order valence-corrected chi connectivity index (χ4v) is 8.22. The summed E-state index contributed by atoms with van der Waals surface area (Å²) in [5.74, 6) is 2.07. The first kappa shape index (κ1) is 37.4. The van der Waals surface area contributed by atoms with Gasteiger partial charge in [-0.2, -0.15) is 12.1 Å². The second kappa shape index (κ2) is 15.3. The number of ether oxygens (including phenoxy) is 1. The molecular weight excluding hydrogens is 892 g/mol. The fourth-order valence-electron chi connectivity index (χ4n) is 8.22. The Balaban J connectivity index is 0.00000436. The van der Waals surface area contributed by atoms with E-state index < -0.39 is 0 Å². The van der Waals surface area contributed by atoms with Crippen LogP contribution in [0.5, 0.6) is 11.5 Å². The number of benzene rings is 6. The van der Waals surface area contributed by atoms with Gasteiger partial charge in [-0.15, -0.1) is 48.1 Å². The molecule has 0 unspecified atom stereocenters. The molecule has 5 nitrogen and oxygen atoms in total. The van der Waals surface area contributed by atoms with Crippen LogP contribution in [-0.4, -0.2) is 9.55 Å². The average Bonchev–Trinajstić information content (AvgIpc) is 3.80. The van der Waals surface area contributed by atoms with Gasteiger partial charge in [0.1, 0.15) is 5.82 Å². The molecule has 288 valence electrons. The molecule has 58 heavy (non-hydrogen) atoms. The molecule has 0 radical (unpaired) electrons. The van der Waals surface area contributed by atoms with Gasteiger partial charge in [0.05, 0.1) is 0 Å². The third-order valence-electron chi connectivity index (χ3n) is 11.0. The first-order valence-corrected chi connectivity index (χ1v) is 19.6. The molecule has 8 aromatic rings. The van der Waals surface area contributed by atoms with Gasteiger partial charge in [-0.05, 0) is 81.8 Å². The average molecular weight is 933 g/mol. The maximum absolute atomic E-state index is 6.62. The van der Waals surface area contributed by atoms with Gasteiger partial charge < -0.3 is 19.1 Å². The van der Waals surface area contributed by atoms with Crippen LogP contribution in [0.2, 0.25) is 0 Å². The van der Waals surface area contributed by atoms with Crippen LogP contribution in [0.15, 0.2) is 170 Å². The summed E-state index contributed by atoms with van der Waals surface area (Å²) in [4.78, 5) is 9.42. The third kappa shape index (κ3) is 6.74. The predicted molar refractivity (Wildman–Crippen MR) is 234 cm³/mol. The number of hydrogen-bond donors (Lipinski definition) is 0. The van der Waals surface area contributed by atoms with Crippen LogP contribution in [0.1, 0.15) is 50.3 Å². The number of hydrogen-bond acceptors (Lipinski definition) is 4. The number of allylic oxidation sites excluding steroid dienone is 3. The van der Waals surface area contributed by atoms with Crippen molar-refractivity contribution in [1.82, 2.24) is 9.55 Å². The molecule has 0 saturated carbocycles. The summed E-state index contributed by atoms with van der Waals surface area (Å²) < 4.78 is 8.81. The summed E-state index contributed by atoms with van der Waals surface area (Å²) in [5.41, 5.74) is 12.5. The van der Waals surface area contributed by atoms with E-state index in [9.17, 15) is 0 Å². The van der Waals surface area contributed by atoms with Crippen LogP contribution in [0.3, 0.4) is 0 Å². The van der Waals surface area contributed by atoms with Crippen LogP contribution in [-0.2, 0) is 26.5 Å². The standard InChI is InChI=1S/C52H41N4O.Pt/c1-52(2,3)38-30-31-53-50(32-38)56-46-25-11-10-22-44(46)45-29-28-41(34-49(45)56)57-40-21-14-20-39(33-40)54-35-55(48-27-13-12-26-47(48)54)51-42(36-16-6-4-7-17-36)23-15-24-43(51)37-18-8-5-9-19-37;/h4-14,16-23,25-32,35H,15,24H2,1-3H3;/q-3;. The number of pyridine rings is 1. The van der Waals surface area contributed by atoms with Gasteiger partial charge in [0.15, 0.2) is 0 Å². The van der Waals surface area contributed by atoms with Gasteiger partial charge >= 0.3 is 0 Å². The number of para-hydroxylation sites is 3. The van der Waals surface area contributed by atoms with E-state index in [1.54, 1.807) is 0 Å². The van der Waals surface area contributed by atoms with Gasteiger partial charge in [-0.1, -0.05) is 123 Å². The molecule has 3 heterocycles. The van der Waals surface area contributed by atoms with E-state index in [1.165, 1.54) is 33.5 Å². The maximum Gasteiger partial charge on any atom is 0.135 e. The molecule has 10 rings (SSSR count). The van der Waals surface area contributed by atoms with Gasteiger partial charge in [-0.3, -0.25) is 0 Å². The molecule has 0 amide bonds. The Hall–Kier alpha value is -6.16. The number of aromatic nitrogens is 2. The van der Waals surface area contributed by atoms with Crippen LogP contribution >= 0.6 is 0 Å². The normalized spacial score (nSPS) is 14.1. The summed E-state index contributed by atoms with van der Waals surface area (Å²) in [6.07, 6.45) is 6.22. The summed E-state index contributed by atoms with van der Waals surface area (Å²) in [6.45, 7) is 8.89. The van der Waals surface area contributed by atoms with Crippen molar-refractivity contribution in [3.63, 3.8) is 0 Å². The van der Waals surface area contributed by atoms with E-state index >= 15 is 0 Å². The topological polar surface area (TPSA) is 33.5 Å². The van der Waals surface area contributed by atoms with Crippen molar-refractivity contribution in [3.8, 4) is 17.3 Å². The van der Waals surface area contributed by atoms with E-state index in [0.29, 0.717) is 11.5 Å². The zero-order chi connectivity index (χ0) is 38.5. The second-order valence-corrected chi connectivity index (χ2v) is 15.7. The van der Waals surface area contributed by atoms with E-state index in [2.05, 4.69) is 193 Å². The second-order valence-electron chi connectivity index (χ2n) is 15.7. The van der Waals surface area contributed by atoms with Gasteiger partial charge in [0, 0.05) is 61.3 Å². The quantitative estimate of drug-likeness (QED) is 0.149. The fraction of sp³-hybridized carbons (Fsp3) is 0.115. The molecule has 1 aliphatic carbocycles. The largest absolute Gasteiger partial charge is 0.509 e. The van der Waals surface area contributed by atoms with Crippen molar-refractivity contribution in [2.45, 2.75) is 39.0 Å². The van der Waals surface area contributed by atoms with Crippen LogP contribution < -0.4 is 14.5 Å². The number of nitrogens with zero attached hydrogens (tertiary/aromatic N) is 4. The molecule has 0 atom stereocenters. The molecule has 1 aliphatic heterocycles. The Morgan fingerprint density at radius 3 is 2.12 bits per heavy atom. The summed E-state index contributed by atoms with van der Waals surface area (Å²) in [5, 5.41) is 2.24. The SMILES string of the molecule is CC(C)(C)c1ccnc(-n2c3[c-]c(Oc4[c-]c(N5[CH-]N(C6=C(c7ccccc7)CCC=C6c6ccccc6)c6ccccc65)ccc4)ccc3c3ccccc32)c1.[Pt]. The zero-order valence-electron chi connectivity index (χ0n) is 32.6. The van der Waals surface area contributed by atoms with Crippen molar-refractivity contribution < 1.29 is 25.8 Å². The minimum atomic E-state index is -0.0159. The molecule has 0 saturated heterocycles. The molecule has 2 aliphatic rings. The van der Waals surface area contributed by atoms with Crippen molar-refractivity contribution in [1.29, 1.82) is 0 Å². The molecule has 2 aromatic heterocycles. The number of rotatable bonds is 7. The molecule has 0 bridgehead atoms. The summed E-state index contributed by atoms with van der Waals surface area (Å²) in [7, 11) is 0. The Labute approximate surface area is 354 Å². The maximum atomic E-state index is 6.62. The molecule has 0 fully saturated rings. The smallest absolute Gasteiger partial charge is 0.135 e. The first-order valence-electron chi connectivity index (χ1n) is 19.6. The Morgan fingerprint density at radius 2 is 1.34 bits per heavy atom. The van der Waals surface area contributed by atoms with Crippen LogP contribution in [0.25, 0.3) is 38.8 Å². The van der Waals surface area contributed by atoms with Crippen molar-refractivity contribution in [3.05, 3.63) is 205 Å².